The van der Waals surface area contributed by atoms with Crippen molar-refractivity contribution in [3.8, 4) is 0 Å². The van der Waals surface area contributed by atoms with Gasteiger partial charge in [0.2, 0.25) is 0 Å². The Morgan fingerprint density at radius 1 is 1.08 bits per heavy atom. The van der Waals surface area contributed by atoms with Crippen molar-refractivity contribution in [1.82, 2.24) is 9.91 Å². The van der Waals surface area contributed by atoms with Gasteiger partial charge in [0.15, 0.2) is 0 Å². The second-order valence-electron chi connectivity index (χ2n) is 5.98. The number of hydrazone groups is 1. The maximum absolute atomic E-state index is 8.60. The normalized spacial score (nSPS) is 14.4. The number of hydrogen-bond donors (Lipinski definition) is 1. The molecule has 0 saturated heterocycles. The summed E-state index contributed by atoms with van der Waals surface area (Å²) >= 11 is 0. The van der Waals surface area contributed by atoms with Gasteiger partial charge in [-0.3, -0.25) is 5.01 Å². The van der Waals surface area contributed by atoms with Crippen LogP contribution in [0.2, 0.25) is 0 Å². The van der Waals surface area contributed by atoms with Crippen molar-refractivity contribution in [3.63, 3.8) is 0 Å². The summed E-state index contributed by atoms with van der Waals surface area (Å²) in [4.78, 5) is 4.20. The first-order valence-electron chi connectivity index (χ1n) is 7.76. The van der Waals surface area contributed by atoms with Crippen LogP contribution < -0.4 is 18.9 Å². The lowest BCUT2D eigenvalue weighted by atomic mass is 10.2. The van der Waals surface area contributed by atoms with Crippen LogP contribution in [-0.2, 0) is 0 Å². The van der Waals surface area contributed by atoms with Gasteiger partial charge >= 0.3 is 0 Å². The molecule has 0 bridgehead atoms. The number of allylic oxidation sites excluding steroid dienone is 2. The van der Waals surface area contributed by atoms with Gasteiger partial charge < -0.3 is 9.80 Å². The minimum atomic E-state index is -4.69. The molecule has 0 aliphatic carbocycles. The number of benzene rings is 1. The average Bonchev–Trinajstić information content (AvgIpc) is 2.52. The first-order valence-corrected chi connectivity index (χ1v) is 9.02. The van der Waals surface area contributed by atoms with Crippen LogP contribution >= 0.6 is 0 Å². The molecule has 0 radical (unpaired) electrons. The van der Waals surface area contributed by atoms with E-state index in [2.05, 4.69) is 72.3 Å². The SMILES string of the molecule is CC1=C(N(C)C)C=CCN1N=Cc1ccc(N(C)C)cc1.[O-][Cl+3]([O-])([O-])O. The van der Waals surface area contributed by atoms with Gasteiger partial charge in [-0.2, -0.15) is 19.1 Å². The van der Waals surface area contributed by atoms with Crippen molar-refractivity contribution in [2.75, 3.05) is 39.6 Å². The quantitative estimate of drug-likeness (QED) is 0.637. The van der Waals surface area contributed by atoms with E-state index in [9.17, 15) is 0 Å². The van der Waals surface area contributed by atoms with E-state index in [1.807, 2.05) is 25.3 Å². The highest BCUT2D eigenvalue weighted by Gasteiger charge is 2.12. The maximum atomic E-state index is 8.60. The fourth-order valence-corrected chi connectivity index (χ4v) is 2.26. The van der Waals surface area contributed by atoms with Gasteiger partial charge in [-0.15, -0.1) is 0 Å². The molecule has 1 heterocycles. The highest BCUT2D eigenvalue weighted by atomic mass is 35.7. The Kier molecular flexibility index (Phi) is 8.07. The van der Waals surface area contributed by atoms with Crippen LogP contribution in [-0.4, -0.2) is 55.5 Å². The molecule has 1 N–H and O–H groups in total. The van der Waals surface area contributed by atoms with Crippen molar-refractivity contribution in [2.24, 2.45) is 5.10 Å². The van der Waals surface area contributed by atoms with E-state index in [-0.39, 0.29) is 0 Å². The highest BCUT2D eigenvalue weighted by molar-refractivity contribution is 5.80. The monoisotopic (exact) mass is 384 g/mol. The summed E-state index contributed by atoms with van der Waals surface area (Å²) in [5.41, 5.74) is 4.67. The summed E-state index contributed by atoms with van der Waals surface area (Å²) in [6.45, 7) is 2.92. The molecule has 0 fully saturated rings. The smallest absolute Gasteiger partial charge is 0.0777 e. The van der Waals surface area contributed by atoms with E-state index in [1.165, 1.54) is 17.1 Å². The molecule has 0 unspecified atom stereocenters. The molecule has 1 aliphatic heterocycles. The fraction of sp³-hybridized carbons (Fsp3) is 0.353. The van der Waals surface area contributed by atoms with Crippen LogP contribution in [0.1, 0.15) is 12.5 Å². The van der Waals surface area contributed by atoms with E-state index >= 15 is 0 Å². The van der Waals surface area contributed by atoms with Crippen LogP contribution in [0.3, 0.4) is 0 Å². The van der Waals surface area contributed by atoms with E-state index in [4.69, 9.17) is 18.6 Å². The van der Waals surface area contributed by atoms with Crippen molar-refractivity contribution >= 4 is 11.9 Å². The van der Waals surface area contributed by atoms with Gasteiger partial charge in [-0.25, -0.2) is 0 Å². The van der Waals surface area contributed by atoms with Gasteiger partial charge in [0.25, 0.3) is 0 Å². The first kappa shape index (κ1) is 21.9. The van der Waals surface area contributed by atoms with Gasteiger partial charge in [0.1, 0.15) is 0 Å². The Bertz CT molecular complexity index is 658. The molecule has 9 heteroatoms. The topological polar surface area (TPSA) is 111 Å². The molecule has 144 valence electrons. The molecular weight excluding hydrogens is 360 g/mol. The lowest BCUT2D eigenvalue weighted by molar-refractivity contribution is -1.92. The van der Waals surface area contributed by atoms with Crippen LogP contribution in [0.15, 0.2) is 52.9 Å². The van der Waals surface area contributed by atoms with Crippen molar-refractivity contribution in [1.29, 1.82) is 0 Å². The molecule has 0 aromatic heterocycles. The second-order valence-corrected chi connectivity index (χ2v) is 6.77. The van der Waals surface area contributed by atoms with Gasteiger partial charge in [0.05, 0.1) is 39.1 Å². The predicted molar refractivity (Wildman–Crippen MR) is 92.8 cm³/mol. The molecule has 2 rings (SSSR count). The molecule has 1 aliphatic rings. The number of likely N-dealkylation sites (N-methyl/N-ethyl adjacent to an activating group) is 1. The Labute approximate surface area is 156 Å². The molecule has 0 spiro atoms. The number of hydrogen-bond acceptors (Lipinski definition) is 8. The van der Waals surface area contributed by atoms with Crippen LogP contribution in [0.5, 0.6) is 0 Å². The van der Waals surface area contributed by atoms with Crippen LogP contribution in [0, 0.1) is 10.2 Å². The third kappa shape index (κ3) is 7.85. The zero-order chi connectivity index (χ0) is 19.9. The maximum Gasteiger partial charge on any atom is 0.0777 e. The van der Waals surface area contributed by atoms with E-state index in [0.717, 1.165) is 12.1 Å². The summed E-state index contributed by atoms with van der Waals surface area (Å²) in [6, 6.07) is 8.38. The molecule has 8 nitrogen and oxygen atoms in total. The Balaban J connectivity index is 0.000000597. The fourth-order valence-electron chi connectivity index (χ4n) is 2.26. The summed E-state index contributed by atoms with van der Waals surface area (Å²) in [5.74, 6) is 0. The van der Waals surface area contributed by atoms with E-state index < -0.39 is 10.2 Å². The van der Waals surface area contributed by atoms with Crippen LogP contribution in [0.25, 0.3) is 0 Å². The molecule has 1 aromatic carbocycles. The number of anilines is 1. The van der Waals surface area contributed by atoms with Crippen molar-refractivity contribution < 1.29 is 28.9 Å². The zero-order valence-corrected chi connectivity index (χ0v) is 16.3. The Morgan fingerprint density at radius 3 is 2.08 bits per heavy atom. The average molecular weight is 385 g/mol. The minimum Gasteiger partial charge on any atom is -0.378 e. The molecule has 0 saturated carbocycles. The lowest BCUT2D eigenvalue weighted by Crippen LogP contribution is -2.58. The molecule has 0 amide bonds. The number of halogens is 1. The van der Waals surface area contributed by atoms with Crippen molar-refractivity contribution in [3.05, 3.63) is 53.4 Å². The molecule has 26 heavy (non-hydrogen) atoms. The van der Waals surface area contributed by atoms with Gasteiger partial charge in [0, 0.05) is 33.9 Å². The van der Waals surface area contributed by atoms with E-state index in [1.54, 1.807) is 0 Å². The van der Waals surface area contributed by atoms with E-state index in [0.29, 0.717) is 0 Å². The molecule has 0 atom stereocenters. The summed E-state index contributed by atoms with van der Waals surface area (Å²) in [7, 11) is 3.49. The van der Waals surface area contributed by atoms with Crippen molar-refractivity contribution in [2.45, 2.75) is 6.92 Å². The minimum absolute atomic E-state index is 0.815. The summed E-state index contributed by atoms with van der Waals surface area (Å²) in [5, 5.41) is 6.62. The predicted octanol–water partition coefficient (Wildman–Crippen LogP) is -1.37. The lowest BCUT2D eigenvalue weighted by Gasteiger charge is -2.27. The summed E-state index contributed by atoms with van der Waals surface area (Å²) in [6.07, 6.45) is 6.19. The van der Waals surface area contributed by atoms with Crippen LogP contribution in [0.4, 0.5) is 5.69 Å². The second kappa shape index (κ2) is 9.56. The summed E-state index contributed by atoms with van der Waals surface area (Å²) < 4.78 is 32.7. The zero-order valence-electron chi connectivity index (χ0n) is 15.6. The van der Waals surface area contributed by atoms with Gasteiger partial charge in [-0.1, -0.05) is 18.2 Å². The molecule has 1 aromatic rings. The largest absolute Gasteiger partial charge is 0.378 e. The third-order valence-electron chi connectivity index (χ3n) is 3.55. The van der Waals surface area contributed by atoms with Gasteiger partial charge in [-0.05, 0) is 30.7 Å². The number of nitrogens with zero attached hydrogens (tertiary/aromatic N) is 4. The number of rotatable bonds is 4. The third-order valence-corrected chi connectivity index (χ3v) is 3.55. The highest BCUT2D eigenvalue weighted by Crippen LogP contribution is 2.18. The standard InChI is InChI=1S/C17H24N4.ClHO4/c1-14-17(20(4)5)7-6-12-21(14)18-13-15-8-10-16(11-9-15)19(2)3;2-1(3,4)5/h6-11,13H,12H2,1-5H3;(H,2,3,4,5). The Morgan fingerprint density at radius 2 is 1.62 bits per heavy atom. The molecular formula is C17H25ClN4O4. The Hall–Kier alpha value is -2.10. The first-order chi connectivity index (χ1) is 12.0.